The Balaban J connectivity index is 2.09. The van der Waals surface area contributed by atoms with Crippen molar-refractivity contribution in [2.24, 2.45) is 0 Å². The van der Waals surface area contributed by atoms with Crippen LogP contribution in [0.5, 0.6) is 0 Å². The maximum atomic E-state index is 4.85. The van der Waals surface area contributed by atoms with Gasteiger partial charge in [0.1, 0.15) is 0 Å². The monoisotopic (exact) mass is 312 g/mol. The van der Waals surface area contributed by atoms with E-state index in [0.29, 0.717) is 0 Å². The Morgan fingerprint density at radius 1 is 0.792 bits per heavy atom. The molecule has 0 atom stereocenters. The molecule has 5 aromatic rings. The van der Waals surface area contributed by atoms with Crippen molar-refractivity contribution in [3.05, 3.63) is 72.1 Å². The van der Waals surface area contributed by atoms with Gasteiger partial charge in [0.05, 0.1) is 33.6 Å². The van der Waals surface area contributed by atoms with Crippen LogP contribution in [0.1, 0.15) is 11.4 Å². The number of nitrogens with zero attached hydrogens (tertiary/aromatic N) is 4. The Morgan fingerprint density at radius 2 is 1.54 bits per heavy atom. The minimum absolute atomic E-state index is 1.01. The summed E-state index contributed by atoms with van der Waals surface area (Å²) in [6.07, 6.45) is 0. The zero-order valence-electron chi connectivity index (χ0n) is 13.6. The van der Waals surface area contributed by atoms with Crippen LogP contribution in [-0.2, 0) is 0 Å². The van der Waals surface area contributed by atoms with Crippen LogP contribution in [0.15, 0.2) is 60.7 Å². The van der Waals surface area contributed by atoms with E-state index in [1.807, 2.05) is 29.6 Å². The van der Waals surface area contributed by atoms with E-state index >= 15 is 0 Å². The minimum atomic E-state index is 1.01. The molecule has 5 rings (SSSR count). The molecule has 24 heavy (non-hydrogen) atoms. The predicted molar refractivity (Wildman–Crippen MR) is 96.8 cm³/mol. The molecule has 3 heterocycles. The molecular weight excluding hydrogens is 296 g/mol. The van der Waals surface area contributed by atoms with Crippen LogP contribution < -0.4 is 0 Å². The highest BCUT2D eigenvalue weighted by molar-refractivity contribution is 6.12. The minimum Gasteiger partial charge on any atom is -0.232 e. The van der Waals surface area contributed by atoms with Gasteiger partial charge in [-0.2, -0.15) is 10.2 Å². The van der Waals surface area contributed by atoms with Crippen molar-refractivity contribution in [1.82, 2.24) is 19.4 Å². The predicted octanol–water partition coefficient (Wildman–Crippen LogP) is 4.44. The molecule has 0 saturated heterocycles. The lowest BCUT2D eigenvalue weighted by molar-refractivity contribution is 0.891. The first-order valence-electron chi connectivity index (χ1n) is 8.06. The van der Waals surface area contributed by atoms with Gasteiger partial charge in [0.15, 0.2) is 0 Å². The lowest BCUT2D eigenvalue weighted by atomic mass is 10.1. The third-order valence-corrected chi connectivity index (χ3v) is 4.54. The fourth-order valence-electron chi connectivity index (χ4n) is 3.56. The van der Waals surface area contributed by atoms with Gasteiger partial charge < -0.3 is 0 Å². The first-order valence-corrected chi connectivity index (χ1v) is 8.06. The topological polar surface area (TPSA) is 35.1 Å². The molecule has 0 aliphatic rings. The summed E-state index contributed by atoms with van der Waals surface area (Å²) in [6.45, 7) is 4.10. The molecule has 0 saturated carbocycles. The average Bonchev–Trinajstić information content (AvgIpc) is 3.16. The highest BCUT2D eigenvalue weighted by atomic mass is 15.3. The van der Waals surface area contributed by atoms with Gasteiger partial charge in [-0.15, -0.1) is 0 Å². The number of para-hydroxylation sites is 2. The van der Waals surface area contributed by atoms with Crippen molar-refractivity contribution < 1.29 is 0 Å². The average molecular weight is 312 g/mol. The van der Waals surface area contributed by atoms with E-state index < -0.39 is 0 Å². The summed E-state index contributed by atoms with van der Waals surface area (Å²) in [6, 6.07) is 20.8. The SMILES string of the molecule is Cc1cc2c3c(C)nn(-c4ccccc4)c3c3ccccc3n2n1. The van der Waals surface area contributed by atoms with Gasteiger partial charge in [0.25, 0.3) is 0 Å². The largest absolute Gasteiger partial charge is 0.232 e. The van der Waals surface area contributed by atoms with Crippen molar-refractivity contribution in [3.8, 4) is 5.69 Å². The van der Waals surface area contributed by atoms with Gasteiger partial charge >= 0.3 is 0 Å². The molecule has 3 aromatic heterocycles. The molecule has 0 fully saturated rings. The van der Waals surface area contributed by atoms with Crippen molar-refractivity contribution in [2.75, 3.05) is 0 Å². The van der Waals surface area contributed by atoms with Crippen molar-refractivity contribution in [3.63, 3.8) is 0 Å². The van der Waals surface area contributed by atoms with Gasteiger partial charge in [-0.1, -0.05) is 36.4 Å². The summed E-state index contributed by atoms with van der Waals surface area (Å²) >= 11 is 0. The normalized spacial score (nSPS) is 11.8. The zero-order chi connectivity index (χ0) is 16.3. The van der Waals surface area contributed by atoms with Crippen LogP contribution in [0.25, 0.3) is 33.0 Å². The van der Waals surface area contributed by atoms with E-state index in [0.717, 1.165) is 44.4 Å². The molecule has 2 aromatic carbocycles. The fourth-order valence-corrected chi connectivity index (χ4v) is 3.56. The highest BCUT2D eigenvalue weighted by Gasteiger charge is 2.18. The lowest BCUT2D eigenvalue weighted by Crippen LogP contribution is -1.98. The fraction of sp³-hybridized carbons (Fsp3) is 0.100. The molecule has 0 amide bonds. The number of fused-ring (bicyclic) bond motifs is 6. The standard InChI is InChI=1S/C20H16N4/c1-13-12-18-19-14(2)22-23(15-8-4-3-5-9-15)20(19)16-10-6-7-11-17(16)24(18)21-13/h3-12H,1-2H3. The van der Waals surface area contributed by atoms with Crippen LogP contribution in [0, 0.1) is 13.8 Å². The molecule has 116 valence electrons. The summed E-state index contributed by atoms with van der Waals surface area (Å²) in [5, 5.41) is 11.9. The molecule has 0 spiro atoms. The summed E-state index contributed by atoms with van der Waals surface area (Å²) in [5.74, 6) is 0. The van der Waals surface area contributed by atoms with Crippen LogP contribution >= 0.6 is 0 Å². The second-order valence-electron chi connectivity index (χ2n) is 6.16. The molecule has 0 aliphatic heterocycles. The first kappa shape index (κ1) is 13.3. The van der Waals surface area contributed by atoms with E-state index in [1.54, 1.807) is 0 Å². The van der Waals surface area contributed by atoms with E-state index in [-0.39, 0.29) is 0 Å². The van der Waals surface area contributed by atoms with Crippen LogP contribution in [0.2, 0.25) is 0 Å². The Morgan fingerprint density at radius 3 is 2.38 bits per heavy atom. The lowest BCUT2D eigenvalue weighted by Gasteiger charge is -2.08. The van der Waals surface area contributed by atoms with E-state index in [1.165, 1.54) is 0 Å². The molecule has 4 heteroatoms. The first-order chi connectivity index (χ1) is 11.7. The van der Waals surface area contributed by atoms with Gasteiger partial charge in [-0.25, -0.2) is 9.20 Å². The number of pyridine rings is 1. The van der Waals surface area contributed by atoms with Crippen LogP contribution in [-0.4, -0.2) is 19.4 Å². The Bertz CT molecular complexity index is 1210. The molecular formula is C20H16N4. The smallest absolute Gasteiger partial charge is 0.0859 e. The second kappa shape index (κ2) is 4.68. The zero-order valence-corrected chi connectivity index (χ0v) is 13.6. The van der Waals surface area contributed by atoms with Crippen molar-refractivity contribution in [1.29, 1.82) is 0 Å². The molecule has 0 radical (unpaired) electrons. The number of aryl methyl sites for hydroxylation is 2. The maximum absolute atomic E-state index is 4.85. The van der Waals surface area contributed by atoms with E-state index in [2.05, 4.69) is 54.1 Å². The third-order valence-electron chi connectivity index (χ3n) is 4.54. The summed E-state index contributed by atoms with van der Waals surface area (Å²) in [5.41, 5.74) is 6.46. The third kappa shape index (κ3) is 1.68. The van der Waals surface area contributed by atoms with Gasteiger partial charge in [0, 0.05) is 10.8 Å². The van der Waals surface area contributed by atoms with E-state index in [9.17, 15) is 0 Å². The maximum Gasteiger partial charge on any atom is 0.0859 e. The molecule has 0 aliphatic carbocycles. The number of hydrogen-bond acceptors (Lipinski definition) is 2. The van der Waals surface area contributed by atoms with E-state index in [4.69, 9.17) is 10.2 Å². The van der Waals surface area contributed by atoms with Crippen molar-refractivity contribution in [2.45, 2.75) is 13.8 Å². The summed E-state index contributed by atoms with van der Waals surface area (Å²) in [7, 11) is 0. The number of hydrogen-bond donors (Lipinski definition) is 0. The molecule has 0 unspecified atom stereocenters. The molecule has 0 N–H and O–H groups in total. The van der Waals surface area contributed by atoms with Crippen molar-refractivity contribution >= 4 is 27.3 Å². The number of benzene rings is 2. The summed E-state index contributed by atoms with van der Waals surface area (Å²) in [4.78, 5) is 0. The summed E-state index contributed by atoms with van der Waals surface area (Å²) < 4.78 is 4.09. The number of rotatable bonds is 1. The quantitative estimate of drug-likeness (QED) is 0.458. The molecule has 4 nitrogen and oxygen atoms in total. The van der Waals surface area contributed by atoms with Gasteiger partial charge in [-0.05, 0) is 38.1 Å². The van der Waals surface area contributed by atoms with Gasteiger partial charge in [0.2, 0.25) is 0 Å². The van der Waals surface area contributed by atoms with Crippen LogP contribution in [0.4, 0.5) is 0 Å². The highest BCUT2D eigenvalue weighted by Crippen LogP contribution is 2.33. The Labute approximate surface area is 138 Å². The number of aromatic nitrogens is 4. The van der Waals surface area contributed by atoms with Crippen LogP contribution in [0.3, 0.4) is 0 Å². The Hall–Kier alpha value is -3.14. The molecule has 0 bridgehead atoms. The van der Waals surface area contributed by atoms with Gasteiger partial charge in [-0.3, -0.25) is 0 Å². The second-order valence-corrected chi connectivity index (χ2v) is 6.16. The Kier molecular flexibility index (Phi) is 2.59.